The summed E-state index contributed by atoms with van der Waals surface area (Å²) >= 11 is 0. The van der Waals surface area contributed by atoms with Crippen molar-refractivity contribution in [3.8, 4) is 0 Å². The Morgan fingerprint density at radius 2 is 2.12 bits per heavy atom. The molecule has 2 rings (SSSR count). The van der Waals surface area contributed by atoms with Crippen molar-refractivity contribution in [2.45, 2.75) is 52.0 Å². The van der Waals surface area contributed by atoms with Crippen LogP contribution in [0.3, 0.4) is 0 Å². The molecule has 1 fully saturated rings. The summed E-state index contributed by atoms with van der Waals surface area (Å²) in [4.78, 5) is 4.50. The molecule has 2 unspecified atom stereocenters. The van der Waals surface area contributed by atoms with Gasteiger partial charge < -0.3 is 11.1 Å². The van der Waals surface area contributed by atoms with Gasteiger partial charge in [-0.2, -0.15) is 0 Å². The van der Waals surface area contributed by atoms with E-state index in [0.29, 0.717) is 6.04 Å². The largest absolute Gasteiger partial charge is 0.397 e. The zero-order valence-corrected chi connectivity index (χ0v) is 10.9. The van der Waals surface area contributed by atoms with Crippen LogP contribution in [-0.4, -0.2) is 11.0 Å². The maximum Gasteiger partial charge on any atom is 0.126 e. The molecule has 0 spiro atoms. The molecule has 0 radical (unpaired) electrons. The molecular weight excluding hydrogens is 210 g/mol. The van der Waals surface area contributed by atoms with Crippen LogP contribution in [-0.2, 0) is 0 Å². The van der Waals surface area contributed by atoms with Crippen molar-refractivity contribution in [3.63, 3.8) is 0 Å². The number of nitrogen functional groups attached to an aromatic ring is 1. The van der Waals surface area contributed by atoms with Crippen LogP contribution in [0.2, 0.25) is 0 Å². The smallest absolute Gasteiger partial charge is 0.126 e. The first kappa shape index (κ1) is 12.2. The Bertz CT molecular complexity index is 376. The van der Waals surface area contributed by atoms with Gasteiger partial charge in [0.2, 0.25) is 0 Å². The minimum atomic E-state index is 0.587. The molecule has 94 valence electrons. The fraction of sp³-hybridized carbons (Fsp3) is 0.643. The van der Waals surface area contributed by atoms with E-state index < -0.39 is 0 Å². The molecule has 1 aliphatic rings. The van der Waals surface area contributed by atoms with Crippen molar-refractivity contribution in [2.24, 2.45) is 5.92 Å². The molecule has 0 aromatic carbocycles. The number of hydrogen-bond donors (Lipinski definition) is 2. The summed E-state index contributed by atoms with van der Waals surface area (Å²) in [5.74, 6) is 1.77. The number of aryl methyl sites for hydroxylation is 1. The van der Waals surface area contributed by atoms with Gasteiger partial charge in [-0.15, -0.1) is 0 Å². The number of pyridine rings is 1. The Morgan fingerprint density at radius 1 is 1.35 bits per heavy atom. The fourth-order valence-electron chi connectivity index (χ4n) is 2.73. The average Bonchev–Trinajstić information content (AvgIpc) is 2.34. The van der Waals surface area contributed by atoms with Crippen molar-refractivity contribution in [2.75, 3.05) is 11.1 Å². The van der Waals surface area contributed by atoms with E-state index in [1.54, 1.807) is 0 Å². The van der Waals surface area contributed by atoms with E-state index in [0.717, 1.165) is 23.1 Å². The van der Waals surface area contributed by atoms with Crippen molar-refractivity contribution in [3.05, 3.63) is 17.8 Å². The molecule has 1 aromatic rings. The first-order valence-electron chi connectivity index (χ1n) is 6.70. The lowest BCUT2D eigenvalue weighted by molar-refractivity contribution is 0.317. The number of nitrogens with one attached hydrogen (secondary N) is 1. The normalized spacial score (nSPS) is 24.6. The van der Waals surface area contributed by atoms with Gasteiger partial charge in [-0.3, -0.25) is 0 Å². The molecule has 3 nitrogen and oxygen atoms in total. The predicted octanol–water partition coefficient (Wildman–Crippen LogP) is 3.35. The fourth-order valence-corrected chi connectivity index (χ4v) is 2.73. The van der Waals surface area contributed by atoms with Gasteiger partial charge in [0.05, 0.1) is 11.4 Å². The second-order valence-corrected chi connectivity index (χ2v) is 5.07. The van der Waals surface area contributed by atoms with Crippen LogP contribution in [0.4, 0.5) is 11.5 Å². The summed E-state index contributed by atoms with van der Waals surface area (Å²) < 4.78 is 0. The summed E-state index contributed by atoms with van der Waals surface area (Å²) in [5, 5.41) is 3.58. The molecule has 1 saturated carbocycles. The third-order valence-corrected chi connectivity index (χ3v) is 3.89. The maximum atomic E-state index is 5.79. The quantitative estimate of drug-likeness (QED) is 0.841. The standard InChI is InChI=1S/C14H23N3/c1-3-11-6-4-5-7-13(11)17-14-9-8-12(15)10(2)16-14/h8-9,11,13H,3-7,15H2,1-2H3,(H,16,17). The molecule has 3 heteroatoms. The predicted molar refractivity (Wildman–Crippen MR) is 73.0 cm³/mol. The Hall–Kier alpha value is -1.25. The van der Waals surface area contributed by atoms with Crippen molar-refractivity contribution in [1.29, 1.82) is 0 Å². The number of rotatable bonds is 3. The Kier molecular flexibility index (Phi) is 3.87. The number of hydrogen-bond acceptors (Lipinski definition) is 3. The third-order valence-electron chi connectivity index (χ3n) is 3.89. The second kappa shape index (κ2) is 5.39. The molecule has 0 saturated heterocycles. The molecular formula is C14H23N3. The van der Waals surface area contributed by atoms with E-state index in [4.69, 9.17) is 5.73 Å². The van der Waals surface area contributed by atoms with Gasteiger partial charge in [0, 0.05) is 6.04 Å². The molecule has 2 atom stereocenters. The molecule has 0 bridgehead atoms. The molecule has 1 aromatic heterocycles. The highest BCUT2D eigenvalue weighted by atomic mass is 15.0. The third kappa shape index (κ3) is 2.90. The van der Waals surface area contributed by atoms with Crippen LogP contribution in [0, 0.1) is 12.8 Å². The van der Waals surface area contributed by atoms with E-state index in [1.807, 2.05) is 19.1 Å². The lowest BCUT2D eigenvalue weighted by atomic mass is 9.83. The zero-order valence-electron chi connectivity index (χ0n) is 10.9. The van der Waals surface area contributed by atoms with E-state index >= 15 is 0 Å². The van der Waals surface area contributed by atoms with E-state index in [2.05, 4.69) is 17.2 Å². The van der Waals surface area contributed by atoms with Gasteiger partial charge in [-0.05, 0) is 37.8 Å². The molecule has 1 heterocycles. The van der Waals surface area contributed by atoms with E-state index in [-0.39, 0.29) is 0 Å². The number of anilines is 2. The summed E-state index contributed by atoms with van der Waals surface area (Å²) in [6.07, 6.45) is 6.59. The van der Waals surface area contributed by atoms with Gasteiger partial charge >= 0.3 is 0 Å². The van der Waals surface area contributed by atoms with Crippen molar-refractivity contribution in [1.82, 2.24) is 4.98 Å². The second-order valence-electron chi connectivity index (χ2n) is 5.07. The van der Waals surface area contributed by atoms with E-state index in [1.165, 1.54) is 32.1 Å². The minimum Gasteiger partial charge on any atom is -0.397 e. The highest BCUT2D eigenvalue weighted by Gasteiger charge is 2.23. The number of aromatic nitrogens is 1. The first-order valence-corrected chi connectivity index (χ1v) is 6.70. The van der Waals surface area contributed by atoms with Crippen molar-refractivity contribution >= 4 is 11.5 Å². The van der Waals surface area contributed by atoms with Crippen LogP contribution in [0.5, 0.6) is 0 Å². The Labute approximate surface area is 104 Å². The zero-order chi connectivity index (χ0) is 12.3. The highest BCUT2D eigenvalue weighted by molar-refractivity contribution is 5.49. The SMILES string of the molecule is CCC1CCCCC1Nc1ccc(N)c(C)n1. The van der Waals surface area contributed by atoms with Gasteiger partial charge in [0.1, 0.15) is 5.82 Å². The lowest BCUT2D eigenvalue weighted by Crippen LogP contribution is -2.32. The summed E-state index contributed by atoms with van der Waals surface area (Å²) in [7, 11) is 0. The Balaban J connectivity index is 2.05. The lowest BCUT2D eigenvalue weighted by Gasteiger charge is -2.32. The molecule has 3 N–H and O–H groups in total. The Morgan fingerprint density at radius 3 is 2.82 bits per heavy atom. The van der Waals surface area contributed by atoms with Crippen LogP contribution in [0.1, 0.15) is 44.7 Å². The van der Waals surface area contributed by atoms with Crippen LogP contribution in [0.15, 0.2) is 12.1 Å². The maximum absolute atomic E-state index is 5.79. The van der Waals surface area contributed by atoms with Crippen LogP contribution < -0.4 is 11.1 Å². The number of nitrogens with two attached hydrogens (primary N) is 1. The van der Waals surface area contributed by atoms with Gasteiger partial charge in [-0.25, -0.2) is 4.98 Å². The first-order chi connectivity index (χ1) is 8.20. The molecule has 1 aliphatic carbocycles. The minimum absolute atomic E-state index is 0.587. The summed E-state index contributed by atoms with van der Waals surface area (Å²) in [6.45, 7) is 4.24. The topological polar surface area (TPSA) is 50.9 Å². The number of nitrogens with zero attached hydrogens (tertiary/aromatic N) is 1. The monoisotopic (exact) mass is 233 g/mol. The van der Waals surface area contributed by atoms with E-state index in [9.17, 15) is 0 Å². The molecule has 17 heavy (non-hydrogen) atoms. The van der Waals surface area contributed by atoms with Crippen molar-refractivity contribution < 1.29 is 0 Å². The van der Waals surface area contributed by atoms with Crippen LogP contribution >= 0.6 is 0 Å². The summed E-state index contributed by atoms with van der Waals surface area (Å²) in [5.41, 5.74) is 7.47. The van der Waals surface area contributed by atoms with Gasteiger partial charge in [0.25, 0.3) is 0 Å². The highest BCUT2D eigenvalue weighted by Crippen LogP contribution is 2.29. The van der Waals surface area contributed by atoms with Gasteiger partial charge in [0.15, 0.2) is 0 Å². The van der Waals surface area contributed by atoms with Gasteiger partial charge in [-0.1, -0.05) is 26.2 Å². The van der Waals surface area contributed by atoms with Crippen LogP contribution in [0.25, 0.3) is 0 Å². The summed E-state index contributed by atoms with van der Waals surface area (Å²) in [6, 6.07) is 4.52. The average molecular weight is 233 g/mol. The molecule has 0 amide bonds. The molecule has 0 aliphatic heterocycles.